The fourth-order valence-electron chi connectivity index (χ4n) is 2.61. The fraction of sp³-hybridized carbons (Fsp3) is 0.267. The molecule has 0 saturated heterocycles. The average Bonchev–Trinajstić information content (AvgIpc) is 2.47. The molecule has 0 fully saturated rings. The monoisotopic (exact) mass is 322 g/mol. The van der Waals surface area contributed by atoms with Crippen molar-refractivity contribution in [2.75, 3.05) is 0 Å². The quantitative estimate of drug-likeness (QED) is 0.884. The number of halogens is 1. The van der Waals surface area contributed by atoms with Gasteiger partial charge in [0.15, 0.2) is 0 Å². The summed E-state index contributed by atoms with van der Waals surface area (Å²) in [4.78, 5) is 3.96. The molecule has 1 atom stereocenters. The molecular formula is C15H15ClN2O2S. The van der Waals surface area contributed by atoms with E-state index in [1.165, 1.54) is 29.5 Å². The predicted octanol–water partition coefficient (Wildman–Crippen LogP) is 2.57. The number of rotatable bonds is 3. The van der Waals surface area contributed by atoms with Crippen LogP contribution in [0.1, 0.15) is 17.5 Å². The molecule has 21 heavy (non-hydrogen) atoms. The number of benzene rings is 1. The van der Waals surface area contributed by atoms with Crippen LogP contribution in [0.25, 0.3) is 0 Å². The molecule has 1 aliphatic carbocycles. The van der Waals surface area contributed by atoms with Crippen molar-refractivity contribution in [3.05, 3.63) is 58.9 Å². The van der Waals surface area contributed by atoms with E-state index >= 15 is 0 Å². The second-order valence-electron chi connectivity index (χ2n) is 5.15. The Morgan fingerprint density at radius 3 is 2.62 bits per heavy atom. The zero-order valence-electron chi connectivity index (χ0n) is 11.3. The van der Waals surface area contributed by atoms with Gasteiger partial charge in [-0.15, -0.1) is 0 Å². The maximum Gasteiger partial charge on any atom is 0.242 e. The van der Waals surface area contributed by atoms with Crippen molar-refractivity contribution in [3.63, 3.8) is 0 Å². The van der Waals surface area contributed by atoms with Gasteiger partial charge in [0.2, 0.25) is 10.0 Å². The van der Waals surface area contributed by atoms with Gasteiger partial charge < -0.3 is 0 Å². The van der Waals surface area contributed by atoms with Crippen molar-refractivity contribution in [1.82, 2.24) is 9.71 Å². The molecule has 1 unspecified atom stereocenters. The van der Waals surface area contributed by atoms with Crippen LogP contribution in [-0.2, 0) is 22.9 Å². The lowest BCUT2D eigenvalue weighted by atomic mass is 9.89. The molecule has 0 amide bonds. The fourth-order valence-corrected chi connectivity index (χ4v) is 3.93. The number of sulfonamides is 1. The molecule has 3 rings (SSSR count). The molecule has 1 aromatic heterocycles. The Hall–Kier alpha value is -1.43. The Kier molecular flexibility index (Phi) is 3.97. The highest BCUT2D eigenvalue weighted by atomic mass is 35.5. The summed E-state index contributed by atoms with van der Waals surface area (Å²) in [6.07, 6.45) is 3.69. The van der Waals surface area contributed by atoms with Crippen LogP contribution in [0.3, 0.4) is 0 Å². The number of aryl methyl sites for hydroxylation is 1. The van der Waals surface area contributed by atoms with Gasteiger partial charge in [-0.1, -0.05) is 35.9 Å². The summed E-state index contributed by atoms with van der Waals surface area (Å²) in [6, 6.07) is 11.0. The highest BCUT2D eigenvalue weighted by Gasteiger charge is 2.24. The normalized spacial score (nSPS) is 18.2. The Balaban J connectivity index is 1.77. The number of fused-ring (bicyclic) bond motifs is 1. The van der Waals surface area contributed by atoms with Crippen molar-refractivity contribution in [1.29, 1.82) is 0 Å². The van der Waals surface area contributed by atoms with Gasteiger partial charge in [0.05, 0.1) is 0 Å². The predicted molar refractivity (Wildman–Crippen MR) is 81.8 cm³/mol. The third kappa shape index (κ3) is 3.26. The lowest BCUT2D eigenvalue weighted by Crippen LogP contribution is -2.38. The largest absolute Gasteiger partial charge is 0.243 e. The molecule has 2 aromatic rings. The van der Waals surface area contributed by atoms with Crippen molar-refractivity contribution in [2.45, 2.75) is 30.2 Å². The first kappa shape index (κ1) is 14.5. The third-order valence-corrected chi connectivity index (χ3v) is 5.41. The molecule has 1 aromatic carbocycles. The zero-order valence-corrected chi connectivity index (χ0v) is 12.9. The summed E-state index contributed by atoms with van der Waals surface area (Å²) >= 11 is 5.68. The van der Waals surface area contributed by atoms with E-state index in [9.17, 15) is 8.42 Å². The topological polar surface area (TPSA) is 59.1 Å². The second-order valence-corrected chi connectivity index (χ2v) is 7.25. The summed E-state index contributed by atoms with van der Waals surface area (Å²) < 4.78 is 27.4. The van der Waals surface area contributed by atoms with Crippen LogP contribution in [0.2, 0.25) is 5.15 Å². The van der Waals surface area contributed by atoms with Crippen LogP contribution in [0, 0.1) is 0 Å². The van der Waals surface area contributed by atoms with Gasteiger partial charge in [-0.05, 0) is 42.5 Å². The molecule has 1 N–H and O–H groups in total. The van der Waals surface area contributed by atoms with E-state index in [1.54, 1.807) is 0 Å². The van der Waals surface area contributed by atoms with E-state index in [0.717, 1.165) is 19.3 Å². The van der Waals surface area contributed by atoms with Gasteiger partial charge >= 0.3 is 0 Å². The first-order valence-electron chi connectivity index (χ1n) is 6.75. The number of pyridine rings is 1. The average molecular weight is 323 g/mol. The Labute approximate surface area is 129 Å². The smallest absolute Gasteiger partial charge is 0.242 e. The zero-order chi connectivity index (χ0) is 14.9. The molecule has 1 heterocycles. The van der Waals surface area contributed by atoms with Crippen molar-refractivity contribution >= 4 is 21.6 Å². The van der Waals surface area contributed by atoms with Crippen LogP contribution >= 0.6 is 11.6 Å². The minimum atomic E-state index is -3.55. The van der Waals surface area contributed by atoms with Gasteiger partial charge in [-0.3, -0.25) is 0 Å². The minimum Gasteiger partial charge on any atom is -0.243 e. The number of aromatic nitrogens is 1. The lowest BCUT2D eigenvalue weighted by molar-refractivity contribution is 0.507. The minimum absolute atomic E-state index is 0.0828. The Bertz CT molecular complexity index is 745. The molecule has 4 nitrogen and oxygen atoms in total. The number of nitrogens with zero attached hydrogens (tertiary/aromatic N) is 1. The maximum atomic E-state index is 12.3. The number of hydrogen-bond acceptors (Lipinski definition) is 3. The van der Waals surface area contributed by atoms with Crippen molar-refractivity contribution in [3.8, 4) is 0 Å². The van der Waals surface area contributed by atoms with Crippen molar-refractivity contribution < 1.29 is 8.42 Å². The van der Waals surface area contributed by atoms with Gasteiger partial charge in [0, 0.05) is 12.2 Å². The van der Waals surface area contributed by atoms with Gasteiger partial charge in [-0.25, -0.2) is 18.1 Å². The molecule has 0 aliphatic heterocycles. The highest BCUT2D eigenvalue weighted by molar-refractivity contribution is 7.89. The maximum absolute atomic E-state index is 12.3. The molecule has 0 saturated carbocycles. The third-order valence-electron chi connectivity index (χ3n) is 3.68. The van der Waals surface area contributed by atoms with E-state index in [2.05, 4.69) is 21.8 Å². The summed E-state index contributed by atoms with van der Waals surface area (Å²) in [5.41, 5.74) is 2.52. The summed E-state index contributed by atoms with van der Waals surface area (Å²) in [5, 5.41) is 0.278. The molecule has 0 spiro atoms. The van der Waals surface area contributed by atoms with Crippen LogP contribution in [0.5, 0.6) is 0 Å². The lowest BCUT2D eigenvalue weighted by Gasteiger charge is -2.25. The van der Waals surface area contributed by atoms with Gasteiger partial charge in [-0.2, -0.15) is 0 Å². The molecule has 1 aliphatic rings. The van der Waals surface area contributed by atoms with Crippen LogP contribution < -0.4 is 4.72 Å². The SMILES string of the molecule is O=S(=O)(NC1CCc2ccccc2C1)c1ccc(Cl)nc1. The first-order chi connectivity index (χ1) is 10.0. The first-order valence-corrected chi connectivity index (χ1v) is 8.61. The van der Waals surface area contributed by atoms with E-state index in [4.69, 9.17) is 11.6 Å². The highest BCUT2D eigenvalue weighted by Crippen LogP contribution is 2.22. The second kappa shape index (κ2) is 5.75. The molecular weight excluding hydrogens is 308 g/mol. The van der Waals surface area contributed by atoms with Crippen molar-refractivity contribution in [2.24, 2.45) is 0 Å². The van der Waals surface area contributed by atoms with E-state index in [1.807, 2.05) is 12.1 Å². The van der Waals surface area contributed by atoms with Crippen LogP contribution in [0.15, 0.2) is 47.5 Å². The summed E-state index contributed by atoms with van der Waals surface area (Å²) in [7, 11) is -3.55. The summed E-state index contributed by atoms with van der Waals surface area (Å²) in [6.45, 7) is 0. The van der Waals surface area contributed by atoms with E-state index in [-0.39, 0.29) is 16.1 Å². The number of hydrogen-bond donors (Lipinski definition) is 1. The van der Waals surface area contributed by atoms with E-state index in [0.29, 0.717) is 0 Å². The van der Waals surface area contributed by atoms with Crippen LogP contribution in [0.4, 0.5) is 0 Å². The Morgan fingerprint density at radius 2 is 1.90 bits per heavy atom. The molecule has 110 valence electrons. The number of nitrogens with one attached hydrogen (secondary N) is 1. The Morgan fingerprint density at radius 1 is 1.14 bits per heavy atom. The molecule has 6 heteroatoms. The van der Waals surface area contributed by atoms with Gasteiger partial charge in [0.1, 0.15) is 10.0 Å². The molecule has 0 bridgehead atoms. The van der Waals surface area contributed by atoms with E-state index < -0.39 is 10.0 Å². The standard InChI is InChI=1S/C15H15ClN2O2S/c16-15-8-7-14(10-17-15)21(19,20)18-13-6-5-11-3-1-2-4-12(11)9-13/h1-4,7-8,10,13,18H,5-6,9H2. The van der Waals surface area contributed by atoms with Crippen LogP contribution in [-0.4, -0.2) is 19.4 Å². The summed E-state index contributed by atoms with van der Waals surface area (Å²) in [5.74, 6) is 0. The van der Waals surface area contributed by atoms with Gasteiger partial charge in [0.25, 0.3) is 0 Å². The molecule has 0 radical (unpaired) electrons.